The molecule has 0 fully saturated rings. The van der Waals surface area contributed by atoms with Crippen LogP contribution in [0.1, 0.15) is 43.1 Å². The van der Waals surface area contributed by atoms with Crippen LogP contribution in [0.25, 0.3) is 6.08 Å². The van der Waals surface area contributed by atoms with E-state index in [1.807, 2.05) is 26.0 Å². The van der Waals surface area contributed by atoms with Gasteiger partial charge in [0.15, 0.2) is 5.78 Å². The smallest absolute Gasteiger partial charge is 0.349 e. The monoisotopic (exact) mass is 382 g/mol. The van der Waals surface area contributed by atoms with Gasteiger partial charge >= 0.3 is 5.97 Å². The van der Waals surface area contributed by atoms with Gasteiger partial charge in [-0.2, -0.15) is 0 Å². The molecule has 28 heavy (non-hydrogen) atoms. The van der Waals surface area contributed by atoms with E-state index >= 15 is 0 Å². The van der Waals surface area contributed by atoms with E-state index in [2.05, 4.69) is 0 Å². The molecular formula is C23H26O5. The third-order valence-corrected chi connectivity index (χ3v) is 4.39. The molecule has 2 rings (SSSR count). The molecule has 148 valence electrons. The molecule has 0 amide bonds. The van der Waals surface area contributed by atoms with Crippen LogP contribution in [0.15, 0.2) is 54.6 Å². The Bertz CT molecular complexity index is 821. The highest BCUT2D eigenvalue weighted by atomic mass is 16.6. The standard InChI is InChI=1S/C23H26O5/c1-5-23(3,22(25)26-4)28-20-12-7-17(8-13-20)9-16-21(24)18-10-14-19(15-11-18)27-6-2/h7-16H,5-6H2,1-4H3. The maximum Gasteiger partial charge on any atom is 0.349 e. The van der Waals surface area contributed by atoms with Crippen molar-refractivity contribution in [3.05, 3.63) is 65.7 Å². The van der Waals surface area contributed by atoms with Gasteiger partial charge in [-0.3, -0.25) is 4.79 Å². The summed E-state index contributed by atoms with van der Waals surface area (Å²) in [7, 11) is 1.34. The molecule has 5 heteroatoms. The lowest BCUT2D eigenvalue weighted by atomic mass is 10.0. The lowest BCUT2D eigenvalue weighted by Crippen LogP contribution is -2.41. The summed E-state index contributed by atoms with van der Waals surface area (Å²) in [6, 6.07) is 14.2. The number of ketones is 1. The van der Waals surface area contributed by atoms with E-state index in [4.69, 9.17) is 14.2 Å². The fourth-order valence-corrected chi connectivity index (χ4v) is 2.53. The third kappa shape index (κ3) is 5.46. The molecule has 1 unspecified atom stereocenters. The van der Waals surface area contributed by atoms with Crippen LogP contribution in [0.3, 0.4) is 0 Å². The van der Waals surface area contributed by atoms with Gasteiger partial charge < -0.3 is 14.2 Å². The number of allylic oxidation sites excluding steroid dienone is 1. The minimum Gasteiger partial charge on any atom is -0.494 e. The summed E-state index contributed by atoms with van der Waals surface area (Å²) in [5, 5.41) is 0. The highest BCUT2D eigenvalue weighted by molar-refractivity contribution is 6.06. The summed E-state index contributed by atoms with van der Waals surface area (Å²) in [4.78, 5) is 24.2. The van der Waals surface area contributed by atoms with Gasteiger partial charge in [-0.15, -0.1) is 0 Å². The zero-order valence-corrected chi connectivity index (χ0v) is 16.7. The Kier molecular flexibility index (Phi) is 7.38. The van der Waals surface area contributed by atoms with E-state index in [0.29, 0.717) is 24.3 Å². The Balaban J connectivity index is 2.03. The van der Waals surface area contributed by atoms with Crippen molar-refractivity contribution >= 4 is 17.8 Å². The lowest BCUT2D eigenvalue weighted by molar-refractivity contribution is -0.157. The van der Waals surface area contributed by atoms with Crippen molar-refractivity contribution in [2.75, 3.05) is 13.7 Å². The van der Waals surface area contributed by atoms with Crippen molar-refractivity contribution < 1.29 is 23.8 Å². The molecule has 0 saturated heterocycles. The van der Waals surface area contributed by atoms with E-state index in [9.17, 15) is 9.59 Å². The van der Waals surface area contributed by atoms with Crippen molar-refractivity contribution in [2.45, 2.75) is 32.8 Å². The number of hydrogen-bond acceptors (Lipinski definition) is 5. The van der Waals surface area contributed by atoms with Crippen molar-refractivity contribution in [2.24, 2.45) is 0 Å². The number of ether oxygens (including phenoxy) is 3. The van der Waals surface area contributed by atoms with Gasteiger partial charge in [0.05, 0.1) is 13.7 Å². The molecule has 0 bridgehead atoms. The number of esters is 1. The molecule has 0 saturated carbocycles. The maximum absolute atomic E-state index is 12.3. The summed E-state index contributed by atoms with van der Waals surface area (Å²) < 4.78 is 16.0. The normalized spacial score (nSPS) is 13.0. The van der Waals surface area contributed by atoms with Crippen molar-refractivity contribution in [3.63, 3.8) is 0 Å². The van der Waals surface area contributed by atoms with E-state index in [1.54, 1.807) is 49.4 Å². The van der Waals surface area contributed by atoms with Crippen LogP contribution in [0.5, 0.6) is 11.5 Å². The molecule has 1 atom stereocenters. The van der Waals surface area contributed by atoms with Crippen LogP contribution in [0.2, 0.25) is 0 Å². The Morgan fingerprint density at radius 2 is 1.57 bits per heavy atom. The average Bonchev–Trinajstić information content (AvgIpc) is 2.73. The van der Waals surface area contributed by atoms with Crippen LogP contribution in [0, 0.1) is 0 Å². The SMILES string of the molecule is CCOc1ccc(C(=O)C=Cc2ccc(OC(C)(CC)C(=O)OC)cc2)cc1. The quantitative estimate of drug-likeness (QED) is 0.357. The van der Waals surface area contributed by atoms with E-state index < -0.39 is 11.6 Å². The van der Waals surface area contributed by atoms with Gasteiger partial charge in [0.2, 0.25) is 5.60 Å². The van der Waals surface area contributed by atoms with Gasteiger partial charge in [0.25, 0.3) is 0 Å². The molecular weight excluding hydrogens is 356 g/mol. The number of carbonyl (C=O) groups excluding carboxylic acids is 2. The van der Waals surface area contributed by atoms with Gasteiger partial charge in [-0.05, 0) is 68.3 Å². The summed E-state index contributed by atoms with van der Waals surface area (Å²) in [5.41, 5.74) is 0.412. The topological polar surface area (TPSA) is 61.8 Å². The second-order valence-electron chi connectivity index (χ2n) is 6.40. The first-order chi connectivity index (χ1) is 13.4. The molecule has 2 aromatic rings. The summed E-state index contributed by atoms with van der Waals surface area (Å²) in [6.07, 6.45) is 3.75. The van der Waals surface area contributed by atoms with E-state index in [-0.39, 0.29) is 5.78 Å². The summed E-state index contributed by atoms with van der Waals surface area (Å²) in [5.74, 6) is 0.793. The van der Waals surface area contributed by atoms with Crippen molar-refractivity contribution in [3.8, 4) is 11.5 Å². The van der Waals surface area contributed by atoms with Gasteiger partial charge in [-0.25, -0.2) is 4.79 Å². The average molecular weight is 382 g/mol. The second kappa shape index (κ2) is 9.74. The molecule has 0 aliphatic carbocycles. The number of methoxy groups -OCH3 is 1. The molecule has 0 spiro atoms. The highest BCUT2D eigenvalue weighted by Crippen LogP contribution is 2.23. The molecule has 5 nitrogen and oxygen atoms in total. The van der Waals surface area contributed by atoms with Crippen LogP contribution in [0.4, 0.5) is 0 Å². The zero-order valence-electron chi connectivity index (χ0n) is 16.7. The Morgan fingerprint density at radius 3 is 2.11 bits per heavy atom. The Morgan fingerprint density at radius 1 is 0.964 bits per heavy atom. The van der Waals surface area contributed by atoms with Gasteiger partial charge in [-0.1, -0.05) is 25.1 Å². The fourth-order valence-electron chi connectivity index (χ4n) is 2.53. The first kappa shape index (κ1) is 21.2. The molecule has 0 aromatic heterocycles. The highest BCUT2D eigenvalue weighted by Gasteiger charge is 2.34. The first-order valence-electron chi connectivity index (χ1n) is 9.24. The van der Waals surface area contributed by atoms with E-state index in [0.717, 1.165) is 11.3 Å². The maximum atomic E-state index is 12.3. The number of hydrogen-bond donors (Lipinski definition) is 0. The summed E-state index contributed by atoms with van der Waals surface area (Å²) in [6.45, 7) is 6.06. The van der Waals surface area contributed by atoms with Gasteiger partial charge in [0.1, 0.15) is 11.5 Å². The zero-order chi connectivity index (χ0) is 20.6. The predicted octanol–water partition coefficient (Wildman–Crippen LogP) is 4.70. The number of benzene rings is 2. The summed E-state index contributed by atoms with van der Waals surface area (Å²) >= 11 is 0. The number of rotatable bonds is 9. The lowest BCUT2D eigenvalue weighted by Gasteiger charge is -2.26. The molecule has 0 aliphatic rings. The third-order valence-electron chi connectivity index (χ3n) is 4.39. The Hall–Kier alpha value is -3.08. The molecule has 2 aromatic carbocycles. The second-order valence-corrected chi connectivity index (χ2v) is 6.40. The first-order valence-corrected chi connectivity index (χ1v) is 9.24. The predicted molar refractivity (Wildman–Crippen MR) is 109 cm³/mol. The van der Waals surface area contributed by atoms with Crippen LogP contribution >= 0.6 is 0 Å². The minimum absolute atomic E-state index is 0.0902. The van der Waals surface area contributed by atoms with Crippen LogP contribution in [-0.2, 0) is 9.53 Å². The number of carbonyl (C=O) groups is 2. The van der Waals surface area contributed by atoms with Crippen LogP contribution < -0.4 is 9.47 Å². The minimum atomic E-state index is -1.03. The Labute approximate surface area is 165 Å². The fraction of sp³-hybridized carbons (Fsp3) is 0.304. The van der Waals surface area contributed by atoms with Crippen LogP contribution in [-0.4, -0.2) is 31.1 Å². The van der Waals surface area contributed by atoms with Crippen molar-refractivity contribution in [1.82, 2.24) is 0 Å². The largest absolute Gasteiger partial charge is 0.494 e. The van der Waals surface area contributed by atoms with E-state index in [1.165, 1.54) is 13.2 Å². The molecule has 0 N–H and O–H groups in total. The van der Waals surface area contributed by atoms with Crippen molar-refractivity contribution in [1.29, 1.82) is 0 Å². The molecule has 0 aliphatic heterocycles. The molecule has 0 radical (unpaired) electrons. The molecule has 0 heterocycles. The van der Waals surface area contributed by atoms with Gasteiger partial charge in [0, 0.05) is 5.56 Å².